The van der Waals surface area contributed by atoms with Crippen LogP contribution in [0.25, 0.3) is 0 Å². The van der Waals surface area contributed by atoms with Crippen molar-refractivity contribution in [2.45, 2.75) is 39.7 Å². The lowest BCUT2D eigenvalue weighted by Gasteiger charge is -2.32. The summed E-state index contributed by atoms with van der Waals surface area (Å²) in [4.78, 5) is 16.7. The first-order chi connectivity index (χ1) is 8.51. The number of nitrogens with zero attached hydrogens (tertiary/aromatic N) is 3. The number of amides is 1. The predicted octanol–water partition coefficient (Wildman–Crippen LogP) is 1.72. The number of hydrogen-bond donors (Lipinski definition) is 0. The Morgan fingerprint density at radius 1 is 1.44 bits per heavy atom. The summed E-state index contributed by atoms with van der Waals surface area (Å²) in [5.74, 6) is -0.391. The summed E-state index contributed by atoms with van der Waals surface area (Å²) >= 11 is 0. The molecule has 0 bridgehead atoms. The zero-order valence-corrected chi connectivity index (χ0v) is 12.0. The van der Waals surface area contributed by atoms with Crippen LogP contribution < -0.4 is 0 Å². The summed E-state index contributed by atoms with van der Waals surface area (Å²) in [5, 5.41) is 9.17. The Balaban J connectivity index is 2.84. The van der Waals surface area contributed by atoms with Crippen LogP contribution >= 0.6 is 0 Å². The van der Waals surface area contributed by atoms with Crippen LogP contribution in [0.2, 0.25) is 0 Å². The summed E-state index contributed by atoms with van der Waals surface area (Å²) in [6.07, 6.45) is 1.95. The van der Waals surface area contributed by atoms with Crippen molar-refractivity contribution in [2.24, 2.45) is 11.8 Å². The summed E-state index contributed by atoms with van der Waals surface area (Å²) in [6, 6.07) is 2.42. The quantitative estimate of drug-likeness (QED) is 0.767. The summed E-state index contributed by atoms with van der Waals surface area (Å²) in [7, 11) is 2.10. The molecule has 1 aliphatic heterocycles. The zero-order chi connectivity index (χ0) is 13.7. The molecule has 1 fully saturated rings. The third kappa shape index (κ3) is 3.46. The van der Waals surface area contributed by atoms with Crippen LogP contribution in [-0.2, 0) is 4.79 Å². The summed E-state index contributed by atoms with van der Waals surface area (Å²) in [6.45, 7) is 8.72. The molecule has 0 aromatic rings. The van der Waals surface area contributed by atoms with Crippen molar-refractivity contribution in [3.8, 4) is 6.07 Å². The fourth-order valence-corrected chi connectivity index (χ4v) is 2.55. The molecule has 4 heteroatoms. The summed E-state index contributed by atoms with van der Waals surface area (Å²) < 4.78 is 0. The Morgan fingerprint density at radius 3 is 2.61 bits per heavy atom. The molecule has 1 rings (SSSR count). The van der Waals surface area contributed by atoms with Gasteiger partial charge in [-0.25, -0.2) is 0 Å². The third-order valence-corrected chi connectivity index (χ3v) is 3.73. The van der Waals surface area contributed by atoms with Crippen LogP contribution in [-0.4, -0.2) is 48.4 Å². The predicted molar refractivity (Wildman–Crippen MR) is 71.8 cm³/mol. The van der Waals surface area contributed by atoms with Crippen LogP contribution in [0.1, 0.15) is 33.6 Å². The molecular weight excluding hydrogens is 226 g/mol. The van der Waals surface area contributed by atoms with Gasteiger partial charge in [-0.05, 0) is 32.4 Å². The molecule has 4 nitrogen and oxygen atoms in total. The van der Waals surface area contributed by atoms with Gasteiger partial charge in [0, 0.05) is 19.1 Å². The Labute approximate surface area is 111 Å². The molecule has 2 unspecified atom stereocenters. The molecule has 1 saturated heterocycles. The van der Waals surface area contributed by atoms with E-state index in [1.54, 1.807) is 0 Å². The molecular formula is C14H25N3O. The van der Waals surface area contributed by atoms with Crippen molar-refractivity contribution in [1.29, 1.82) is 5.26 Å². The van der Waals surface area contributed by atoms with Gasteiger partial charge >= 0.3 is 0 Å². The van der Waals surface area contributed by atoms with Gasteiger partial charge in [0.1, 0.15) is 5.92 Å². The maximum atomic E-state index is 12.5. The minimum absolute atomic E-state index is 0.0228. The first-order valence-electron chi connectivity index (χ1n) is 6.89. The second kappa shape index (κ2) is 6.75. The molecule has 102 valence electrons. The normalized spacial score (nSPS) is 23.6. The van der Waals surface area contributed by atoms with Gasteiger partial charge in [-0.3, -0.25) is 4.79 Å². The van der Waals surface area contributed by atoms with Crippen LogP contribution in [0, 0.1) is 23.2 Å². The highest BCUT2D eigenvalue weighted by Gasteiger charge is 2.32. The highest BCUT2D eigenvalue weighted by Crippen LogP contribution is 2.19. The first kappa shape index (κ1) is 15.0. The van der Waals surface area contributed by atoms with E-state index in [-0.39, 0.29) is 17.9 Å². The number of carbonyl (C=O) groups excluding carboxylic acids is 1. The van der Waals surface area contributed by atoms with Gasteiger partial charge in [0.25, 0.3) is 0 Å². The molecule has 1 aliphatic rings. The zero-order valence-electron chi connectivity index (χ0n) is 12.0. The highest BCUT2D eigenvalue weighted by atomic mass is 16.2. The van der Waals surface area contributed by atoms with Crippen LogP contribution in [0.3, 0.4) is 0 Å². The Hall–Kier alpha value is -1.08. The van der Waals surface area contributed by atoms with Crippen LogP contribution in [0.5, 0.6) is 0 Å². The minimum Gasteiger partial charge on any atom is -0.337 e. The van der Waals surface area contributed by atoms with E-state index in [0.717, 1.165) is 32.5 Å². The van der Waals surface area contributed by atoms with Crippen LogP contribution in [0.4, 0.5) is 0 Å². The lowest BCUT2D eigenvalue weighted by Crippen LogP contribution is -2.46. The maximum Gasteiger partial charge on any atom is 0.240 e. The molecule has 0 aromatic carbocycles. The van der Waals surface area contributed by atoms with E-state index in [1.165, 1.54) is 0 Å². The Kier molecular flexibility index (Phi) is 5.61. The molecule has 0 N–H and O–H groups in total. The van der Waals surface area contributed by atoms with E-state index in [1.807, 2.05) is 18.7 Å². The molecule has 0 spiro atoms. The second-order valence-electron chi connectivity index (χ2n) is 5.56. The lowest BCUT2D eigenvalue weighted by molar-refractivity contribution is -0.137. The van der Waals surface area contributed by atoms with E-state index in [4.69, 9.17) is 0 Å². The molecule has 0 aliphatic carbocycles. The van der Waals surface area contributed by atoms with Gasteiger partial charge in [-0.2, -0.15) is 5.26 Å². The van der Waals surface area contributed by atoms with Crippen LogP contribution in [0.15, 0.2) is 0 Å². The lowest BCUT2D eigenvalue weighted by atomic mass is 9.95. The minimum atomic E-state index is -0.498. The molecule has 1 heterocycles. The average molecular weight is 251 g/mol. The molecule has 18 heavy (non-hydrogen) atoms. The largest absolute Gasteiger partial charge is 0.337 e. The Morgan fingerprint density at radius 2 is 2.11 bits per heavy atom. The van der Waals surface area contributed by atoms with E-state index in [0.29, 0.717) is 0 Å². The van der Waals surface area contributed by atoms with Gasteiger partial charge in [0.05, 0.1) is 6.07 Å². The van der Waals surface area contributed by atoms with Gasteiger partial charge in [0.15, 0.2) is 0 Å². The van der Waals surface area contributed by atoms with E-state index in [9.17, 15) is 10.1 Å². The molecule has 0 radical (unpaired) electrons. The van der Waals surface area contributed by atoms with Gasteiger partial charge < -0.3 is 9.80 Å². The van der Waals surface area contributed by atoms with E-state index >= 15 is 0 Å². The SMILES string of the molecule is CCC1CN(C)CCCN1C(=O)C(C#N)C(C)C. The number of carbonyl (C=O) groups is 1. The van der Waals surface area contributed by atoms with Crippen molar-refractivity contribution < 1.29 is 4.79 Å². The number of hydrogen-bond acceptors (Lipinski definition) is 3. The van der Waals surface area contributed by atoms with Crippen molar-refractivity contribution in [2.75, 3.05) is 26.7 Å². The molecule has 0 aromatic heterocycles. The third-order valence-electron chi connectivity index (χ3n) is 3.73. The molecule has 2 atom stereocenters. The monoisotopic (exact) mass is 251 g/mol. The average Bonchev–Trinajstić information content (AvgIpc) is 2.50. The smallest absolute Gasteiger partial charge is 0.240 e. The summed E-state index contributed by atoms with van der Waals surface area (Å²) in [5.41, 5.74) is 0. The number of rotatable bonds is 3. The number of nitriles is 1. The van der Waals surface area contributed by atoms with E-state index in [2.05, 4.69) is 24.9 Å². The molecule has 1 amide bonds. The van der Waals surface area contributed by atoms with Gasteiger partial charge in [-0.15, -0.1) is 0 Å². The van der Waals surface area contributed by atoms with Crippen molar-refractivity contribution in [3.05, 3.63) is 0 Å². The standard InChI is InChI=1S/C14H25N3O/c1-5-12-10-16(4)7-6-8-17(12)14(18)13(9-15)11(2)3/h11-13H,5-8,10H2,1-4H3. The molecule has 0 saturated carbocycles. The first-order valence-corrected chi connectivity index (χ1v) is 6.89. The van der Waals surface area contributed by atoms with Crippen molar-refractivity contribution in [3.63, 3.8) is 0 Å². The van der Waals surface area contributed by atoms with Crippen molar-refractivity contribution in [1.82, 2.24) is 9.80 Å². The second-order valence-corrected chi connectivity index (χ2v) is 5.56. The highest BCUT2D eigenvalue weighted by molar-refractivity contribution is 5.81. The number of likely N-dealkylation sites (N-methyl/N-ethyl adjacent to an activating group) is 1. The van der Waals surface area contributed by atoms with Gasteiger partial charge in [-0.1, -0.05) is 20.8 Å². The fourth-order valence-electron chi connectivity index (χ4n) is 2.55. The van der Waals surface area contributed by atoms with Crippen molar-refractivity contribution >= 4 is 5.91 Å². The topological polar surface area (TPSA) is 47.3 Å². The van der Waals surface area contributed by atoms with E-state index < -0.39 is 5.92 Å². The maximum absolute atomic E-state index is 12.5. The fraction of sp³-hybridized carbons (Fsp3) is 0.857. The van der Waals surface area contributed by atoms with Gasteiger partial charge in [0.2, 0.25) is 5.91 Å². The Bertz CT molecular complexity index is 321.